The molecule has 2 N–H and O–H groups in total. The first-order valence-corrected chi connectivity index (χ1v) is 14.2. The van der Waals surface area contributed by atoms with Crippen molar-refractivity contribution in [2.45, 2.75) is 115 Å². The summed E-state index contributed by atoms with van der Waals surface area (Å²) in [4.78, 5) is 34.8. The van der Waals surface area contributed by atoms with Crippen LogP contribution in [0.3, 0.4) is 0 Å². The van der Waals surface area contributed by atoms with E-state index < -0.39 is 11.9 Å². The highest BCUT2D eigenvalue weighted by Crippen LogP contribution is 2.36. The fraction of sp³-hybridized carbons (Fsp3) is 0.545. The molecular formula is C33H46O5. The number of ketones is 1. The van der Waals surface area contributed by atoms with E-state index in [1.807, 2.05) is 36.4 Å². The molecule has 0 heterocycles. The largest absolute Gasteiger partial charge is 0.481 e. The van der Waals surface area contributed by atoms with Crippen molar-refractivity contribution in [1.29, 1.82) is 0 Å². The van der Waals surface area contributed by atoms with Gasteiger partial charge in [-0.25, -0.2) is 0 Å². The minimum Gasteiger partial charge on any atom is -0.481 e. The van der Waals surface area contributed by atoms with Gasteiger partial charge in [0.05, 0.1) is 0 Å². The number of unbranched alkanes of at least 4 members (excludes halogenated alkanes) is 4. The summed E-state index contributed by atoms with van der Waals surface area (Å²) < 4.78 is 0. The molecule has 5 heteroatoms. The van der Waals surface area contributed by atoms with Crippen LogP contribution in [-0.2, 0) is 25.2 Å². The van der Waals surface area contributed by atoms with E-state index in [1.54, 1.807) is 0 Å². The Hall–Kier alpha value is -2.95. The van der Waals surface area contributed by atoms with Gasteiger partial charge >= 0.3 is 11.9 Å². The number of aliphatic carboxylic acids is 2. The molecule has 2 rings (SSSR count). The summed E-state index contributed by atoms with van der Waals surface area (Å²) in [6.07, 6.45) is 10.3. The van der Waals surface area contributed by atoms with E-state index in [0.29, 0.717) is 31.5 Å². The lowest BCUT2D eigenvalue weighted by atomic mass is 9.74. The van der Waals surface area contributed by atoms with E-state index in [-0.39, 0.29) is 23.7 Å². The first kappa shape index (κ1) is 31.3. The van der Waals surface area contributed by atoms with Crippen molar-refractivity contribution in [3.63, 3.8) is 0 Å². The zero-order chi connectivity index (χ0) is 27.9. The average molecular weight is 523 g/mol. The van der Waals surface area contributed by atoms with Crippen LogP contribution in [0.4, 0.5) is 0 Å². The van der Waals surface area contributed by atoms with Gasteiger partial charge in [0.2, 0.25) is 0 Å². The van der Waals surface area contributed by atoms with E-state index in [1.165, 1.54) is 11.1 Å². The molecule has 0 spiro atoms. The fourth-order valence-electron chi connectivity index (χ4n) is 5.43. The third kappa shape index (κ3) is 11.2. The van der Waals surface area contributed by atoms with Crippen molar-refractivity contribution in [2.24, 2.45) is 0 Å². The Morgan fingerprint density at radius 2 is 0.895 bits per heavy atom. The number of hydrogen-bond acceptors (Lipinski definition) is 3. The summed E-state index contributed by atoms with van der Waals surface area (Å²) in [6, 6.07) is 20.3. The summed E-state index contributed by atoms with van der Waals surface area (Å²) in [5.41, 5.74) is 2.04. The molecule has 5 nitrogen and oxygen atoms in total. The number of carbonyl (C=O) groups excluding carboxylic acids is 1. The highest BCUT2D eigenvalue weighted by Gasteiger charge is 2.28. The molecule has 2 unspecified atom stereocenters. The Kier molecular flexibility index (Phi) is 13.3. The zero-order valence-corrected chi connectivity index (χ0v) is 23.3. The van der Waals surface area contributed by atoms with Crippen molar-refractivity contribution in [2.75, 3.05) is 0 Å². The maximum absolute atomic E-state index is 12.4. The number of rotatable bonds is 20. The Morgan fingerprint density at radius 1 is 0.526 bits per heavy atom. The van der Waals surface area contributed by atoms with Crippen LogP contribution in [0.5, 0.6) is 0 Å². The standard InChI is InChI=1S/C33H46O5/c1-32(25-21-30(35)36,27-15-7-3-8-16-27)23-13-5-11-19-29(34)20-12-6-14-24-33(2,26-22-31(37)38)28-17-9-4-10-18-28/h3-4,7-10,15-18H,5-6,11-14,19-26H2,1-2H3,(H,35,36)(H,37,38). The molecule has 0 saturated carbocycles. The quantitative estimate of drug-likeness (QED) is 0.171. The minimum absolute atomic E-state index is 0.161. The molecule has 0 bridgehead atoms. The lowest BCUT2D eigenvalue weighted by Gasteiger charge is -2.30. The lowest BCUT2D eigenvalue weighted by Crippen LogP contribution is -2.23. The molecule has 0 aliphatic carbocycles. The van der Waals surface area contributed by atoms with Crippen molar-refractivity contribution in [1.82, 2.24) is 0 Å². The number of carboxylic acids is 2. The van der Waals surface area contributed by atoms with Crippen LogP contribution in [-0.4, -0.2) is 27.9 Å². The predicted molar refractivity (Wildman–Crippen MR) is 153 cm³/mol. The molecule has 0 saturated heterocycles. The first-order chi connectivity index (χ1) is 18.1. The maximum Gasteiger partial charge on any atom is 0.303 e. The summed E-state index contributed by atoms with van der Waals surface area (Å²) in [5, 5.41) is 18.4. The lowest BCUT2D eigenvalue weighted by molar-refractivity contribution is -0.138. The predicted octanol–water partition coefficient (Wildman–Crippen LogP) is 8.10. The van der Waals surface area contributed by atoms with Crippen LogP contribution >= 0.6 is 0 Å². The van der Waals surface area contributed by atoms with Gasteiger partial charge in [0.1, 0.15) is 5.78 Å². The summed E-state index contributed by atoms with van der Waals surface area (Å²) in [5.74, 6) is -1.20. The molecule has 2 aromatic carbocycles. The van der Waals surface area contributed by atoms with Crippen molar-refractivity contribution in [3.05, 3.63) is 71.8 Å². The molecule has 0 aliphatic heterocycles. The summed E-state index contributed by atoms with van der Waals surface area (Å²) >= 11 is 0. The second kappa shape index (κ2) is 16.1. The Labute approximate surface area is 228 Å². The second-order valence-corrected chi connectivity index (χ2v) is 11.3. The van der Waals surface area contributed by atoms with E-state index >= 15 is 0 Å². The van der Waals surface area contributed by atoms with Crippen molar-refractivity contribution in [3.8, 4) is 0 Å². The first-order valence-electron chi connectivity index (χ1n) is 14.2. The van der Waals surface area contributed by atoms with Gasteiger partial charge in [-0.1, -0.05) is 100 Å². The van der Waals surface area contributed by atoms with Crippen LogP contribution in [0.1, 0.15) is 115 Å². The van der Waals surface area contributed by atoms with E-state index in [0.717, 1.165) is 51.4 Å². The SMILES string of the molecule is CC(CCCCCC(=O)CCCCCC(C)(CCC(=O)O)c1ccccc1)(CCC(=O)O)c1ccccc1. The molecule has 0 radical (unpaired) electrons. The highest BCUT2D eigenvalue weighted by molar-refractivity contribution is 5.78. The molecule has 0 aliphatic rings. The number of hydrogen-bond donors (Lipinski definition) is 2. The molecular weight excluding hydrogens is 476 g/mol. The van der Waals surface area contributed by atoms with Gasteiger partial charge in [-0.15, -0.1) is 0 Å². The molecule has 2 aromatic rings. The summed E-state index contributed by atoms with van der Waals surface area (Å²) in [7, 11) is 0. The van der Waals surface area contributed by atoms with Gasteiger partial charge in [0.15, 0.2) is 0 Å². The number of carbonyl (C=O) groups is 3. The average Bonchev–Trinajstić information content (AvgIpc) is 2.91. The molecule has 38 heavy (non-hydrogen) atoms. The van der Waals surface area contributed by atoms with Crippen LogP contribution in [0.25, 0.3) is 0 Å². The molecule has 208 valence electrons. The Bertz CT molecular complexity index is 907. The second-order valence-electron chi connectivity index (χ2n) is 11.3. The Balaban J connectivity index is 1.68. The Morgan fingerprint density at radius 3 is 1.24 bits per heavy atom. The topological polar surface area (TPSA) is 91.7 Å². The monoisotopic (exact) mass is 522 g/mol. The van der Waals surface area contributed by atoms with Crippen molar-refractivity contribution < 1.29 is 24.6 Å². The van der Waals surface area contributed by atoms with Gasteiger partial charge < -0.3 is 10.2 Å². The highest BCUT2D eigenvalue weighted by atomic mass is 16.4. The van der Waals surface area contributed by atoms with Crippen LogP contribution in [0.15, 0.2) is 60.7 Å². The molecule has 0 fully saturated rings. The molecule has 0 aromatic heterocycles. The van der Waals surface area contributed by atoms with Gasteiger partial charge in [-0.2, -0.15) is 0 Å². The van der Waals surface area contributed by atoms with Crippen LogP contribution < -0.4 is 0 Å². The van der Waals surface area contributed by atoms with Gasteiger partial charge in [0, 0.05) is 25.7 Å². The van der Waals surface area contributed by atoms with Gasteiger partial charge in [0.25, 0.3) is 0 Å². The normalized spacial score (nSPS) is 14.4. The van der Waals surface area contributed by atoms with Crippen LogP contribution in [0, 0.1) is 0 Å². The molecule has 2 atom stereocenters. The molecule has 0 amide bonds. The number of carboxylic acid groups (broad SMARTS) is 2. The van der Waals surface area contributed by atoms with E-state index in [2.05, 4.69) is 38.1 Å². The van der Waals surface area contributed by atoms with Crippen LogP contribution in [0.2, 0.25) is 0 Å². The fourth-order valence-corrected chi connectivity index (χ4v) is 5.43. The van der Waals surface area contributed by atoms with E-state index in [9.17, 15) is 24.6 Å². The van der Waals surface area contributed by atoms with Gasteiger partial charge in [-0.3, -0.25) is 14.4 Å². The minimum atomic E-state index is -0.761. The third-order valence-electron chi connectivity index (χ3n) is 8.09. The maximum atomic E-state index is 12.4. The van der Waals surface area contributed by atoms with Crippen molar-refractivity contribution >= 4 is 17.7 Å². The third-order valence-corrected chi connectivity index (χ3v) is 8.09. The van der Waals surface area contributed by atoms with E-state index in [4.69, 9.17) is 0 Å². The van der Waals surface area contributed by atoms with Gasteiger partial charge in [-0.05, 0) is 60.5 Å². The number of benzene rings is 2. The summed E-state index contributed by atoms with van der Waals surface area (Å²) in [6.45, 7) is 4.31. The number of Topliss-reactive ketones (excluding diaryl/α,β-unsaturated/α-hetero) is 1. The smallest absolute Gasteiger partial charge is 0.303 e. The zero-order valence-electron chi connectivity index (χ0n) is 23.3.